The van der Waals surface area contributed by atoms with Crippen LogP contribution in [0.15, 0.2) is 42.5 Å². The topological polar surface area (TPSA) is 69.6 Å². The molecule has 0 bridgehead atoms. The molecule has 2 amide bonds. The smallest absolute Gasteiger partial charge is 0.270 e. The summed E-state index contributed by atoms with van der Waals surface area (Å²) in [5, 5.41) is 12.0. The summed E-state index contributed by atoms with van der Waals surface area (Å²) in [5.41, 5.74) is 4.36. The van der Waals surface area contributed by atoms with E-state index in [-0.39, 0.29) is 22.5 Å². The number of benzene rings is 2. The Labute approximate surface area is 167 Å². The first kappa shape index (κ1) is 21.5. The van der Waals surface area contributed by atoms with Gasteiger partial charge in [-0.05, 0) is 35.1 Å². The molecule has 5 nitrogen and oxygen atoms in total. The van der Waals surface area contributed by atoms with Crippen LogP contribution in [0.5, 0.6) is 5.75 Å². The van der Waals surface area contributed by atoms with Crippen LogP contribution >= 0.6 is 0 Å². The van der Waals surface area contributed by atoms with Gasteiger partial charge in [0, 0.05) is 23.6 Å². The number of nitrogens with one attached hydrogen (secondary N) is 1. The fourth-order valence-electron chi connectivity index (χ4n) is 2.98. The van der Waals surface area contributed by atoms with E-state index < -0.39 is 5.91 Å². The standard InChI is InChI=1S/C23H30N2O3/c1-15(26)25(17-11-9-8-10-12-17)24-21(28)16-13-18(22(2,3)4)20(27)19(14-16)23(5,6)7/h8-14,27H,1-7H3,(H,24,28). The van der Waals surface area contributed by atoms with Crippen molar-refractivity contribution < 1.29 is 14.7 Å². The maximum atomic E-state index is 13.0. The molecule has 0 radical (unpaired) electrons. The number of carbonyl (C=O) groups excluding carboxylic acids is 2. The minimum Gasteiger partial charge on any atom is -0.507 e. The zero-order chi connectivity index (χ0) is 21.3. The molecule has 0 aliphatic rings. The third kappa shape index (κ3) is 4.71. The number of hydrogen-bond acceptors (Lipinski definition) is 3. The average Bonchev–Trinajstić information content (AvgIpc) is 2.58. The zero-order valence-electron chi connectivity index (χ0n) is 17.8. The summed E-state index contributed by atoms with van der Waals surface area (Å²) in [7, 11) is 0. The van der Waals surface area contributed by atoms with E-state index in [1.165, 1.54) is 11.9 Å². The molecule has 28 heavy (non-hydrogen) atoms. The van der Waals surface area contributed by atoms with Crippen molar-refractivity contribution in [2.75, 3.05) is 5.01 Å². The van der Waals surface area contributed by atoms with E-state index >= 15 is 0 Å². The lowest BCUT2D eigenvalue weighted by Gasteiger charge is -2.28. The number of hydrogen-bond donors (Lipinski definition) is 2. The highest BCUT2D eigenvalue weighted by Gasteiger charge is 2.28. The molecule has 0 aromatic heterocycles. The van der Waals surface area contributed by atoms with Crippen molar-refractivity contribution in [1.82, 2.24) is 5.43 Å². The second-order valence-electron chi connectivity index (χ2n) is 9.05. The van der Waals surface area contributed by atoms with Gasteiger partial charge < -0.3 is 5.11 Å². The van der Waals surface area contributed by atoms with Crippen LogP contribution in [-0.2, 0) is 15.6 Å². The highest BCUT2D eigenvalue weighted by Crippen LogP contribution is 2.39. The Morgan fingerprint density at radius 3 is 1.75 bits per heavy atom. The average molecular weight is 383 g/mol. The number of aromatic hydroxyl groups is 1. The summed E-state index contributed by atoms with van der Waals surface area (Å²) in [4.78, 5) is 25.1. The first-order valence-corrected chi connectivity index (χ1v) is 9.37. The van der Waals surface area contributed by atoms with Crippen molar-refractivity contribution in [3.63, 3.8) is 0 Å². The Morgan fingerprint density at radius 2 is 1.36 bits per heavy atom. The Morgan fingerprint density at radius 1 is 0.893 bits per heavy atom. The van der Waals surface area contributed by atoms with Crippen LogP contribution in [0.2, 0.25) is 0 Å². The summed E-state index contributed by atoms with van der Waals surface area (Å²) in [5.74, 6) is -0.497. The molecule has 0 aliphatic carbocycles. The second kappa shape index (κ2) is 7.66. The van der Waals surface area contributed by atoms with Gasteiger partial charge in [-0.25, -0.2) is 5.01 Å². The van der Waals surface area contributed by atoms with Gasteiger partial charge in [0.1, 0.15) is 5.75 Å². The maximum absolute atomic E-state index is 13.0. The molecule has 0 saturated carbocycles. The summed E-state index contributed by atoms with van der Waals surface area (Å²) in [6.45, 7) is 13.3. The molecule has 2 N–H and O–H groups in total. The van der Waals surface area contributed by atoms with E-state index in [0.717, 1.165) is 0 Å². The van der Waals surface area contributed by atoms with E-state index in [1.807, 2.05) is 47.6 Å². The van der Waals surface area contributed by atoms with Crippen LogP contribution in [-0.4, -0.2) is 16.9 Å². The van der Waals surface area contributed by atoms with Crippen molar-refractivity contribution in [3.8, 4) is 5.75 Å². The van der Waals surface area contributed by atoms with Gasteiger partial charge >= 0.3 is 0 Å². The van der Waals surface area contributed by atoms with E-state index in [2.05, 4.69) is 5.43 Å². The SMILES string of the molecule is CC(=O)N(NC(=O)c1cc(C(C)(C)C)c(O)c(C(C)(C)C)c1)c1ccccc1. The van der Waals surface area contributed by atoms with Crippen molar-refractivity contribution >= 4 is 17.5 Å². The van der Waals surface area contributed by atoms with Crippen LogP contribution < -0.4 is 10.4 Å². The van der Waals surface area contributed by atoms with Gasteiger partial charge in [-0.1, -0.05) is 59.7 Å². The fraction of sp³-hybridized carbons (Fsp3) is 0.391. The van der Waals surface area contributed by atoms with E-state index in [9.17, 15) is 14.7 Å². The quantitative estimate of drug-likeness (QED) is 0.741. The Kier molecular flexibility index (Phi) is 5.88. The second-order valence-corrected chi connectivity index (χ2v) is 9.05. The first-order valence-electron chi connectivity index (χ1n) is 9.37. The molecule has 2 aromatic rings. The molecular weight excluding hydrogens is 352 g/mol. The highest BCUT2D eigenvalue weighted by atomic mass is 16.3. The van der Waals surface area contributed by atoms with Crippen molar-refractivity contribution in [1.29, 1.82) is 0 Å². The number of anilines is 1. The third-order valence-electron chi connectivity index (χ3n) is 4.53. The molecule has 0 saturated heterocycles. The molecule has 150 valence electrons. The predicted octanol–water partition coefficient (Wildman–Crippen LogP) is 4.69. The van der Waals surface area contributed by atoms with Gasteiger partial charge in [-0.3, -0.25) is 15.0 Å². The molecular formula is C23H30N2O3. The minimum atomic E-state index is -0.407. The summed E-state index contributed by atoms with van der Waals surface area (Å²) >= 11 is 0. The maximum Gasteiger partial charge on any atom is 0.270 e. The lowest BCUT2D eigenvalue weighted by Crippen LogP contribution is -2.45. The van der Waals surface area contributed by atoms with Gasteiger partial charge in [0.15, 0.2) is 0 Å². The lowest BCUT2D eigenvalue weighted by atomic mass is 9.78. The molecule has 2 aromatic carbocycles. The van der Waals surface area contributed by atoms with Crippen LogP contribution in [0.1, 0.15) is 70.0 Å². The Balaban J connectivity index is 2.51. The van der Waals surface area contributed by atoms with Crippen LogP contribution in [0.25, 0.3) is 0 Å². The zero-order valence-corrected chi connectivity index (χ0v) is 17.8. The summed E-state index contributed by atoms with van der Waals surface area (Å²) in [6, 6.07) is 12.3. The number of rotatable bonds is 2. The predicted molar refractivity (Wildman–Crippen MR) is 113 cm³/mol. The number of phenolic OH excluding ortho intramolecular Hbond substituents is 1. The molecule has 0 fully saturated rings. The number of hydrazine groups is 1. The normalized spacial score (nSPS) is 11.8. The highest BCUT2D eigenvalue weighted by molar-refractivity contribution is 6.01. The number of nitrogens with zero attached hydrogens (tertiary/aromatic N) is 1. The van der Waals surface area contributed by atoms with Gasteiger partial charge in [-0.2, -0.15) is 0 Å². The number of para-hydroxylation sites is 1. The molecule has 0 atom stereocenters. The van der Waals surface area contributed by atoms with Crippen molar-refractivity contribution in [2.24, 2.45) is 0 Å². The molecule has 0 spiro atoms. The van der Waals surface area contributed by atoms with E-state index in [1.54, 1.807) is 36.4 Å². The largest absolute Gasteiger partial charge is 0.507 e. The van der Waals surface area contributed by atoms with Crippen molar-refractivity contribution in [3.05, 3.63) is 59.2 Å². The third-order valence-corrected chi connectivity index (χ3v) is 4.53. The molecule has 0 heterocycles. The molecule has 2 rings (SSSR count). The van der Waals surface area contributed by atoms with Crippen molar-refractivity contribution in [2.45, 2.75) is 59.3 Å². The van der Waals surface area contributed by atoms with E-state index in [4.69, 9.17) is 0 Å². The number of carbonyl (C=O) groups is 2. The summed E-state index contributed by atoms with van der Waals surface area (Å²) in [6.07, 6.45) is 0. The monoisotopic (exact) mass is 382 g/mol. The minimum absolute atomic E-state index is 0.211. The fourth-order valence-corrected chi connectivity index (χ4v) is 2.98. The Hall–Kier alpha value is -2.82. The van der Waals surface area contributed by atoms with E-state index in [0.29, 0.717) is 22.4 Å². The molecule has 0 aliphatic heterocycles. The van der Waals surface area contributed by atoms with Gasteiger partial charge in [0.25, 0.3) is 5.91 Å². The number of amides is 2. The number of phenols is 1. The van der Waals surface area contributed by atoms with Gasteiger partial charge in [0.05, 0.1) is 5.69 Å². The van der Waals surface area contributed by atoms with Crippen LogP contribution in [0, 0.1) is 0 Å². The van der Waals surface area contributed by atoms with Crippen LogP contribution in [0.4, 0.5) is 5.69 Å². The van der Waals surface area contributed by atoms with Gasteiger partial charge in [-0.15, -0.1) is 0 Å². The molecule has 0 unspecified atom stereocenters. The first-order chi connectivity index (χ1) is 12.8. The summed E-state index contributed by atoms with van der Waals surface area (Å²) < 4.78 is 0. The van der Waals surface area contributed by atoms with Crippen LogP contribution in [0.3, 0.4) is 0 Å². The molecule has 5 heteroatoms. The van der Waals surface area contributed by atoms with Gasteiger partial charge in [0.2, 0.25) is 5.91 Å². The lowest BCUT2D eigenvalue weighted by molar-refractivity contribution is -0.117. The Bertz CT molecular complexity index is 840.